The van der Waals surface area contributed by atoms with Gasteiger partial charge in [0.05, 0.1) is 30.0 Å². The van der Waals surface area contributed by atoms with Crippen molar-refractivity contribution in [3.63, 3.8) is 0 Å². The van der Waals surface area contributed by atoms with Gasteiger partial charge in [0.1, 0.15) is 11.4 Å². The molecule has 0 saturated carbocycles. The summed E-state index contributed by atoms with van der Waals surface area (Å²) in [7, 11) is 5.13. The number of nitro groups is 1. The molecule has 0 aliphatic rings. The maximum atomic E-state index is 11.7. The van der Waals surface area contributed by atoms with Crippen LogP contribution in [-0.2, 0) is 7.05 Å². The molecule has 33 heavy (non-hydrogen) atoms. The Morgan fingerprint density at radius 1 is 1.27 bits per heavy atom. The third-order valence-corrected chi connectivity index (χ3v) is 5.41. The first-order valence-electron chi connectivity index (χ1n) is 10.3. The molecule has 10 nitrogen and oxygen atoms in total. The Morgan fingerprint density at radius 2 is 2.06 bits per heavy atom. The Balaban J connectivity index is 1.73. The summed E-state index contributed by atoms with van der Waals surface area (Å²) in [5.74, 6) is 0.670. The molecule has 0 bridgehead atoms. The van der Waals surface area contributed by atoms with Crippen LogP contribution in [0.15, 0.2) is 54.9 Å². The van der Waals surface area contributed by atoms with E-state index < -0.39 is 4.92 Å². The van der Waals surface area contributed by atoms with E-state index in [0.717, 1.165) is 22.2 Å². The molecule has 4 rings (SSSR count). The molecule has 2 heterocycles. The van der Waals surface area contributed by atoms with Gasteiger partial charge in [-0.1, -0.05) is 18.2 Å². The molecule has 0 fully saturated rings. The van der Waals surface area contributed by atoms with Crippen molar-refractivity contribution >= 4 is 33.9 Å². The number of fused-ring (bicyclic) bond motifs is 1. The van der Waals surface area contributed by atoms with Crippen LogP contribution in [0.3, 0.4) is 0 Å². The second kappa shape index (κ2) is 9.13. The predicted molar refractivity (Wildman–Crippen MR) is 127 cm³/mol. The fourth-order valence-electron chi connectivity index (χ4n) is 3.78. The molecule has 2 N–H and O–H groups in total. The van der Waals surface area contributed by atoms with Gasteiger partial charge in [-0.05, 0) is 12.1 Å². The van der Waals surface area contributed by atoms with Gasteiger partial charge in [0.15, 0.2) is 0 Å². The number of benzene rings is 2. The number of nitro benzene ring substituents is 1. The highest BCUT2D eigenvalue weighted by Gasteiger charge is 2.22. The van der Waals surface area contributed by atoms with E-state index in [0.29, 0.717) is 17.1 Å². The van der Waals surface area contributed by atoms with Crippen LogP contribution in [0.4, 0.5) is 23.0 Å². The van der Waals surface area contributed by atoms with Crippen molar-refractivity contribution in [2.24, 2.45) is 7.05 Å². The lowest BCUT2D eigenvalue weighted by molar-refractivity contribution is -0.384. The number of likely N-dealkylation sites (N-methyl/N-ethyl adjacent to an activating group) is 1. The summed E-state index contributed by atoms with van der Waals surface area (Å²) in [6.07, 6.45) is 3.64. The van der Waals surface area contributed by atoms with E-state index in [1.165, 1.54) is 13.2 Å². The third kappa shape index (κ3) is 4.28. The standard InChI is InChI=1S/C23H24N6O4/c1-27(10-11-30)20-13-22(33-3)18(12-21(20)29(31)32)26-23-24-9-8-17(25-23)16-14-28(2)19-7-5-4-6-15(16)19/h4-9,12-14,30H,10-11H2,1-3H3,(H,24,25,26). The quantitative estimate of drug-likeness (QED) is 0.309. The maximum Gasteiger partial charge on any atom is 0.294 e. The lowest BCUT2D eigenvalue weighted by Crippen LogP contribution is -2.22. The van der Waals surface area contributed by atoms with E-state index in [-0.39, 0.29) is 24.8 Å². The van der Waals surface area contributed by atoms with E-state index >= 15 is 0 Å². The van der Waals surface area contributed by atoms with E-state index in [9.17, 15) is 15.2 Å². The van der Waals surface area contributed by atoms with Gasteiger partial charge in [-0.3, -0.25) is 10.1 Å². The fraction of sp³-hybridized carbons (Fsp3) is 0.217. The number of nitrogens with one attached hydrogen (secondary N) is 1. The third-order valence-electron chi connectivity index (χ3n) is 5.41. The second-order valence-corrected chi connectivity index (χ2v) is 7.50. The molecule has 0 unspecified atom stereocenters. The first-order valence-corrected chi connectivity index (χ1v) is 10.3. The molecule has 0 radical (unpaired) electrons. The van der Waals surface area contributed by atoms with Crippen LogP contribution < -0.4 is 15.0 Å². The number of anilines is 3. The molecule has 2 aromatic carbocycles. The van der Waals surface area contributed by atoms with Crippen LogP contribution in [0.2, 0.25) is 0 Å². The van der Waals surface area contributed by atoms with Gasteiger partial charge in [-0.25, -0.2) is 9.97 Å². The zero-order valence-electron chi connectivity index (χ0n) is 18.5. The maximum absolute atomic E-state index is 11.7. The van der Waals surface area contributed by atoms with E-state index in [1.54, 1.807) is 24.2 Å². The molecule has 0 spiro atoms. The van der Waals surface area contributed by atoms with Gasteiger partial charge in [0.25, 0.3) is 5.69 Å². The summed E-state index contributed by atoms with van der Waals surface area (Å²) in [5.41, 5.74) is 3.33. The largest absolute Gasteiger partial charge is 0.494 e. The van der Waals surface area contributed by atoms with E-state index in [2.05, 4.69) is 15.3 Å². The normalized spacial score (nSPS) is 10.9. The number of hydrogen-bond donors (Lipinski definition) is 2. The molecule has 0 atom stereocenters. The number of aromatic nitrogens is 3. The summed E-state index contributed by atoms with van der Waals surface area (Å²) in [5, 5.41) is 25.1. The minimum Gasteiger partial charge on any atom is -0.494 e. The van der Waals surface area contributed by atoms with Crippen molar-refractivity contribution in [3.05, 3.63) is 65.0 Å². The van der Waals surface area contributed by atoms with E-state index in [4.69, 9.17) is 4.74 Å². The molecule has 2 aromatic heterocycles. The summed E-state index contributed by atoms with van der Waals surface area (Å²) in [6.45, 7) is 0.109. The van der Waals surface area contributed by atoms with Gasteiger partial charge in [-0.15, -0.1) is 0 Å². The fourth-order valence-corrected chi connectivity index (χ4v) is 3.78. The molecule has 0 saturated heterocycles. The van der Waals surface area contributed by atoms with Gasteiger partial charge in [0.2, 0.25) is 5.95 Å². The monoisotopic (exact) mass is 448 g/mol. The van der Waals surface area contributed by atoms with Crippen molar-refractivity contribution in [1.29, 1.82) is 0 Å². The smallest absolute Gasteiger partial charge is 0.294 e. The Kier molecular flexibility index (Phi) is 6.09. The molecule has 170 valence electrons. The van der Waals surface area contributed by atoms with Gasteiger partial charge in [0, 0.05) is 61.6 Å². The molecule has 0 amide bonds. The molecule has 0 aliphatic carbocycles. The average molecular weight is 448 g/mol. The van der Waals surface area contributed by atoms with Crippen LogP contribution in [0.1, 0.15) is 0 Å². The molecule has 4 aromatic rings. The highest BCUT2D eigenvalue weighted by atomic mass is 16.6. The number of para-hydroxylation sites is 1. The lowest BCUT2D eigenvalue weighted by atomic mass is 10.1. The zero-order valence-corrected chi connectivity index (χ0v) is 18.5. The minimum atomic E-state index is -0.471. The van der Waals surface area contributed by atoms with Crippen LogP contribution in [0.25, 0.3) is 22.2 Å². The Hall–Kier alpha value is -4.18. The zero-order chi connectivity index (χ0) is 23.5. The summed E-state index contributed by atoms with van der Waals surface area (Å²) < 4.78 is 7.50. The Bertz CT molecular complexity index is 1320. The molecular formula is C23H24N6O4. The highest BCUT2D eigenvalue weighted by molar-refractivity contribution is 5.95. The number of hydrogen-bond acceptors (Lipinski definition) is 8. The SMILES string of the molecule is COc1cc(N(C)CCO)c([N+](=O)[O-])cc1Nc1nccc(-c2cn(C)c3ccccc23)n1. The topological polar surface area (TPSA) is 119 Å². The molecule has 10 heteroatoms. The van der Waals surface area contributed by atoms with Crippen molar-refractivity contribution < 1.29 is 14.8 Å². The second-order valence-electron chi connectivity index (χ2n) is 7.50. The number of aryl methyl sites for hydroxylation is 1. The minimum absolute atomic E-state index is 0.126. The first-order chi connectivity index (χ1) is 15.9. The number of aliphatic hydroxyl groups excluding tert-OH is 1. The van der Waals surface area contributed by atoms with Gasteiger partial charge >= 0.3 is 0 Å². The summed E-state index contributed by atoms with van der Waals surface area (Å²) in [6, 6.07) is 12.8. The predicted octanol–water partition coefficient (Wildman–Crippen LogP) is 3.72. The highest BCUT2D eigenvalue weighted by Crippen LogP contribution is 2.39. The van der Waals surface area contributed by atoms with Crippen LogP contribution >= 0.6 is 0 Å². The average Bonchev–Trinajstić information content (AvgIpc) is 3.16. The Labute approximate surface area is 190 Å². The number of methoxy groups -OCH3 is 1. The molecular weight excluding hydrogens is 424 g/mol. The van der Waals surface area contributed by atoms with Crippen LogP contribution in [0.5, 0.6) is 5.75 Å². The van der Waals surface area contributed by atoms with Crippen molar-refractivity contribution in [2.75, 3.05) is 37.5 Å². The molecule has 0 aliphatic heterocycles. The number of nitrogens with zero attached hydrogens (tertiary/aromatic N) is 5. The van der Waals surface area contributed by atoms with Crippen LogP contribution in [0, 0.1) is 10.1 Å². The number of ether oxygens (including phenoxy) is 1. The van der Waals surface area contributed by atoms with Crippen molar-refractivity contribution in [1.82, 2.24) is 14.5 Å². The summed E-state index contributed by atoms with van der Waals surface area (Å²) >= 11 is 0. The first kappa shape index (κ1) is 22.0. The van der Waals surface area contributed by atoms with Gasteiger partial charge < -0.3 is 24.6 Å². The van der Waals surface area contributed by atoms with Gasteiger partial charge in [-0.2, -0.15) is 0 Å². The number of rotatable bonds is 8. The van der Waals surface area contributed by atoms with E-state index in [1.807, 2.05) is 48.1 Å². The number of aliphatic hydroxyl groups is 1. The van der Waals surface area contributed by atoms with Crippen molar-refractivity contribution in [3.8, 4) is 17.0 Å². The lowest BCUT2D eigenvalue weighted by Gasteiger charge is -2.20. The van der Waals surface area contributed by atoms with Crippen molar-refractivity contribution in [2.45, 2.75) is 0 Å². The van der Waals surface area contributed by atoms with Crippen LogP contribution in [-0.4, -0.2) is 51.9 Å². The summed E-state index contributed by atoms with van der Waals surface area (Å²) in [4.78, 5) is 21.8. The Morgan fingerprint density at radius 3 is 2.79 bits per heavy atom.